The zero-order chi connectivity index (χ0) is 22.6. The van der Waals surface area contributed by atoms with Crippen LogP contribution >= 0.6 is 0 Å². The number of carbonyl (C=O) groups excluding carboxylic acids is 1. The van der Waals surface area contributed by atoms with E-state index in [9.17, 15) is 14.3 Å². The summed E-state index contributed by atoms with van der Waals surface area (Å²) < 4.78 is 13.0. The molecule has 1 fully saturated rings. The number of allylic oxidation sites excluding steroid dienone is 4. The minimum absolute atomic E-state index is 0.289. The molecule has 0 radical (unpaired) electrons. The molecule has 1 amide bonds. The van der Waals surface area contributed by atoms with Crippen molar-refractivity contribution < 1.29 is 14.3 Å². The fourth-order valence-corrected chi connectivity index (χ4v) is 3.32. The Hall–Kier alpha value is -3.16. The number of nitrogen functional groups attached to an aromatic ring is 1. The van der Waals surface area contributed by atoms with Crippen LogP contribution in [0.15, 0.2) is 60.4 Å². The van der Waals surface area contributed by atoms with Crippen LogP contribution in [-0.4, -0.2) is 22.8 Å². The van der Waals surface area contributed by atoms with E-state index in [0.717, 1.165) is 30.4 Å². The third-order valence-corrected chi connectivity index (χ3v) is 5.60. The predicted molar refractivity (Wildman–Crippen MR) is 124 cm³/mol. The fraction of sp³-hybridized carbons (Fsp3) is 0.292. The summed E-state index contributed by atoms with van der Waals surface area (Å²) in [6, 6.07) is 12.0. The van der Waals surface area contributed by atoms with Gasteiger partial charge in [-0.2, -0.15) is 0 Å². The number of hydrogen-bond donors (Lipinski definition) is 5. The number of anilines is 3. The molecule has 0 aromatic heterocycles. The summed E-state index contributed by atoms with van der Waals surface area (Å²) in [6.07, 6.45) is 4.78. The Labute approximate surface area is 181 Å². The minimum Gasteiger partial charge on any atom is -0.397 e. The molecule has 164 valence electrons. The van der Waals surface area contributed by atoms with Gasteiger partial charge >= 0.3 is 0 Å². The number of nitrogens with one attached hydrogen (secondary N) is 2. The van der Waals surface area contributed by atoms with E-state index in [1.165, 1.54) is 13.0 Å². The second kappa shape index (κ2) is 9.32. The normalized spacial score (nSPS) is 16.9. The second-order valence-electron chi connectivity index (χ2n) is 8.07. The van der Waals surface area contributed by atoms with Crippen molar-refractivity contribution in [3.8, 4) is 0 Å². The average molecular weight is 425 g/mol. The first-order chi connectivity index (χ1) is 14.7. The maximum atomic E-state index is 13.0. The molecule has 0 bridgehead atoms. The molecule has 1 atom stereocenters. The quantitative estimate of drug-likeness (QED) is 0.257. The van der Waals surface area contributed by atoms with Crippen molar-refractivity contribution in [2.24, 2.45) is 5.73 Å². The van der Waals surface area contributed by atoms with Crippen molar-refractivity contribution in [2.45, 2.75) is 44.9 Å². The zero-order valence-electron chi connectivity index (χ0n) is 17.8. The van der Waals surface area contributed by atoms with Crippen molar-refractivity contribution in [1.82, 2.24) is 0 Å². The molecule has 0 spiro atoms. The highest BCUT2D eigenvalue weighted by atomic mass is 19.1. The van der Waals surface area contributed by atoms with Crippen LogP contribution in [0.2, 0.25) is 0 Å². The Balaban J connectivity index is 1.69. The predicted octanol–water partition coefficient (Wildman–Crippen LogP) is 4.41. The number of benzene rings is 2. The number of halogens is 1. The van der Waals surface area contributed by atoms with Crippen LogP contribution in [0.3, 0.4) is 0 Å². The molecule has 0 aliphatic heterocycles. The van der Waals surface area contributed by atoms with Crippen LogP contribution in [-0.2, 0) is 0 Å². The first kappa shape index (κ1) is 22.5. The van der Waals surface area contributed by atoms with Gasteiger partial charge in [-0.3, -0.25) is 4.79 Å². The monoisotopic (exact) mass is 424 g/mol. The van der Waals surface area contributed by atoms with E-state index in [4.69, 9.17) is 11.5 Å². The molecular formula is C24H29FN4O2. The van der Waals surface area contributed by atoms with Crippen molar-refractivity contribution in [2.75, 3.05) is 16.4 Å². The van der Waals surface area contributed by atoms with E-state index in [0.29, 0.717) is 22.6 Å². The van der Waals surface area contributed by atoms with Gasteiger partial charge in [-0.1, -0.05) is 12.1 Å². The molecule has 0 heterocycles. The van der Waals surface area contributed by atoms with Crippen LogP contribution < -0.4 is 22.1 Å². The van der Waals surface area contributed by atoms with Gasteiger partial charge in [-0.15, -0.1) is 0 Å². The molecular weight excluding hydrogens is 395 g/mol. The molecule has 1 aliphatic rings. The molecule has 1 aliphatic carbocycles. The lowest BCUT2D eigenvalue weighted by atomic mass is 9.76. The molecule has 6 nitrogen and oxygen atoms in total. The lowest BCUT2D eigenvalue weighted by Gasteiger charge is -2.42. The largest absolute Gasteiger partial charge is 0.397 e. The van der Waals surface area contributed by atoms with Crippen molar-refractivity contribution in [3.05, 3.63) is 71.6 Å². The van der Waals surface area contributed by atoms with E-state index in [2.05, 4.69) is 10.6 Å². The number of aliphatic hydroxyl groups is 1. The van der Waals surface area contributed by atoms with Crippen molar-refractivity contribution in [1.29, 1.82) is 0 Å². The van der Waals surface area contributed by atoms with Crippen molar-refractivity contribution >= 4 is 28.5 Å². The zero-order valence-corrected chi connectivity index (χ0v) is 17.8. The van der Waals surface area contributed by atoms with Crippen LogP contribution in [0.4, 0.5) is 21.5 Å². The first-order valence-electron chi connectivity index (χ1n) is 10.2. The molecule has 2 aromatic rings. The average Bonchev–Trinajstić information content (AvgIpc) is 2.72. The Morgan fingerprint density at radius 2 is 1.77 bits per heavy atom. The SMILES string of the molecule is CC(F)=CC=C(C)c1ccc(N)c(NC(=O)c2ccc(NC(O)C3(N)CCC3)cc2)c1. The lowest BCUT2D eigenvalue weighted by molar-refractivity contribution is 0.0554. The van der Waals surface area contributed by atoms with Gasteiger partial charge < -0.3 is 27.2 Å². The lowest BCUT2D eigenvalue weighted by Crippen LogP contribution is -2.59. The van der Waals surface area contributed by atoms with Crippen LogP contribution in [0.25, 0.3) is 5.57 Å². The van der Waals surface area contributed by atoms with Crippen LogP contribution in [0, 0.1) is 0 Å². The van der Waals surface area contributed by atoms with Gasteiger partial charge in [0.15, 0.2) is 0 Å². The van der Waals surface area contributed by atoms with Gasteiger partial charge in [0.25, 0.3) is 5.91 Å². The topological polar surface area (TPSA) is 113 Å². The summed E-state index contributed by atoms with van der Waals surface area (Å²) in [5, 5.41) is 16.1. The summed E-state index contributed by atoms with van der Waals surface area (Å²) in [7, 11) is 0. The molecule has 0 saturated heterocycles. The number of nitrogens with two attached hydrogens (primary N) is 2. The Kier molecular flexibility index (Phi) is 6.77. The van der Waals surface area contributed by atoms with Crippen LogP contribution in [0.5, 0.6) is 0 Å². The van der Waals surface area contributed by atoms with Crippen LogP contribution in [0.1, 0.15) is 49.0 Å². The highest BCUT2D eigenvalue weighted by Gasteiger charge is 2.39. The smallest absolute Gasteiger partial charge is 0.255 e. The number of hydrogen-bond acceptors (Lipinski definition) is 5. The highest BCUT2D eigenvalue weighted by Crippen LogP contribution is 2.32. The van der Waals surface area contributed by atoms with E-state index < -0.39 is 11.8 Å². The number of rotatable bonds is 7. The van der Waals surface area contributed by atoms with Gasteiger partial charge in [0.05, 0.1) is 22.7 Å². The first-order valence-corrected chi connectivity index (χ1v) is 10.2. The maximum Gasteiger partial charge on any atom is 0.255 e. The van der Waals surface area contributed by atoms with E-state index in [1.807, 2.05) is 13.0 Å². The van der Waals surface area contributed by atoms with Gasteiger partial charge in [0, 0.05) is 11.3 Å². The van der Waals surface area contributed by atoms with Gasteiger partial charge in [-0.25, -0.2) is 4.39 Å². The van der Waals surface area contributed by atoms with E-state index >= 15 is 0 Å². The third-order valence-electron chi connectivity index (χ3n) is 5.60. The standard InChI is InChI=1S/C24H29FN4O2/c1-15(4-5-16(2)25)18-8-11-20(26)21(14-18)29-22(30)17-6-9-19(10-7-17)28-23(31)24(27)12-3-13-24/h4-11,14,23,28,31H,3,12-13,26-27H2,1-2H3,(H,29,30). The van der Waals surface area contributed by atoms with Gasteiger partial charge in [0.2, 0.25) is 0 Å². The maximum absolute atomic E-state index is 13.0. The Bertz CT molecular complexity index is 1010. The molecule has 31 heavy (non-hydrogen) atoms. The Morgan fingerprint density at radius 3 is 2.35 bits per heavy atom. The van der Waals surface area contributed by atoms with Crippen molar-refractivity contribution in [3.63, 3.8) is 0 Å². The summed E-state index contributed by atoms with van der Waals surface area (Å²) >= 11 is 0. The summed E-state index contributed by atoms with van der Waals surface area (Å²) in [5.41, 5.74) is 15.2. The van der Waals surface area contributed by atoms with Gasteiger partial charge in [0.1, 0.15) is 6.23 Å². The summed E-state index contributed by atoms with van der Waals surface area (Å²) in [4.78, 5) is 12.7. The van der Waals surface area contributed by atoms with Gasteiger partial charge in [-0.05, 0) is 86.7 Å². The minimum atomic E-state index is -0.837. The molecule has 7 heteroatoms. The van der Waals surface area contributed by atoms with E-state index in [-0.39, 0.29) is 11.7 Å². The third kappa shape index (κ3) is 5.51. The second-order valence-corrected chi connectivity index (χ2v) is 8.07. The molecule has 1 unspecified atom stereocenters. The summed E-state index contributed by atoms with van der Waals surface area (Å²) in [6.45, 7) is 3.23. The number of aliphatic hydroxyl groups excluding tert-OH is 1. The number of amides is 1. The molecule has 2 aromatic carbocycles. The molecule has 3 rings (SSSR count). The summed E-state index contributed by atoms with van der Waals surface area (Å²) in [5.74, 6) is -0.602. The Morgan fingerprint density at radius 1 is 1.13 bits per heavy atom. The molecule has 1 saturated carbocycles. The molecule has 7 N–H and O–H groups in total. The van der Waals surface area contributed by atoms with E-state index in [1.54, 1.807) is 42.5 Å². The number of carbonyl (C=O) groups is 1. The highest BCUT2D eigenvalue weighted by molar-refractivity contribution is 6.06. The fourth-order valence-electron chi connectivity index (χ4n) is 3.32.